The van der Waals surface area contributed by atoms with E-state index in [1.165, 1.54) is 11.3 Å². The van der Waals surface area contributed by atoms with Crippen LogP contribution in [-0.4, -0.2) is 11.0 Å². The Morgan fingerprint density at radius 3 is 3.00 bits per heavy atom. The Hall–Kier alpha value is -2.38. The second-order valence-corrected chi connectivity index (χ2v) is 6.43. The van der Waals surface area contributed by atoms with Gasteiger partial charge in [0, 0.05) is 22.0 Å². The highest BCUT2D eigenvalue weighted by Crippen LogP contribution is 2.18. The lowest BCUT2D eigenvalue weighted by Gasteiger charge is -2.09. The number of carbonyl (C=O) groups excluding carboxylic acids is 1. The molecule has 0 unspecified atom stereocenters. The molecule has 2 N–H and O–H groups in total. The molecule has 0 saturated heterocycles. The zero-order chi connectivity index (χ0) is 15.9. The van der Waals surface area contributed by atoms with Crippen LogP contribution in [0.4, 0.5) is 10.5 Å². The van der Waals surface area contributed by atoms with Crippen molar-refractivity contribution in [3.8, 4) is 5.75 Å². The molecule has 2 amide bonds. The van der Waals surface area contributed by atoms with Gasteiger partial charge in [-0.05, 0) is 23.6 Å². The number of nitrogens with zero attached hydrogens (tertiary/aromatic N) is 1. The zero-order valence-electron chi connectivity index (χ0n) is 12.2. The maximum Gasteiger partial charge on any atom is 0.319 e. The molecule has 5 nitrogen and oxygen atoms in total. The van der Waals surface area contributed by atoms with E-state index in [-0.39, 0.29) is 6.03 Å². The molecule has 2 aromatic heterocycles. The highest BCUT2D eigenvalue weighted by Gasteiger charge is 2.04. The van der Waals surface area contributed by atoms with Crippen LogP contribution >= 0.6 is 22.7 Å². The molecule has 0 fully saturated rings. The van der Waals surface area contributed by atoms with Crippen molar-refractivity contribution in [1.82, 2.24) is 10.3 Å². The van der Waals surface area contributed by atoms with E-state index < -0.39 is 0 Å². The first-order chi connectivity index (χ1) is 11.3. The first-order valence-corrected chi connectivity index (χ1v) is 8.79. The highest BCUT2D eigenvalue weighted by atomic mass is 32.1. The summed E-state index contributed by atoms with van der Waals surface area (Å²) in [6.45, 7) is 0.932. The first-order valence-electron chi connectivity index (χ1n) is 6.97. The van der Waals surface area contributed by atoms with E-state index in [1.807, 2.05) is 41.1 Å². The molecular formula is C16H15N3O2S2. The molecule has 0 aliphatic carbocycles. The van der Waals surface area contributed by atoms with E-state index in [2.05, 4.69) is 15.6 Å². The average molecular weight is 345 g/mol. The molecule has 7 heteroatoms. The van der Waals surface area contributed by atoms with Gasteiger partial charge >= 0.3 is 6.03 Å². The SMILES string of the molecule is O=C(NCc1cccs1)Nc1cccc(OCc2cscn2)c1. The number of nitrogens with one attached hydrogen (secondary N) is 2. The number of anilines is 1. The lowest BCUT2D eigenvalue weighted by molar-refractivity contribution is 0.252. The normalized spacial score (nSPS) is 10.3. The Balaban J connectivity index is 1.51. The monoisotopic (exact) mass is 345 g/mol. The molecule has 0 atom stereocenters. The van der Waals surface area contributed by atoms with Crippen LogP contribution in [0.25, 0.3) is 0 Å². The van der Waals surface area contributed by atoms with Crippen molar-refractivity contribution in [3.05, 3.63) is 63.2 Å². The van der Waals surface area contributed by atoms with Crippen LogP contribution in [0.15, 0.2) is 52.7 Å². The number of ether oxygens (including phenoxy) is 1. The molecule has 0 aliphatic heterocycles. The predicted octanol–water partition coefficient (Wildman–Crippen LogP) is 4.11. The van der Waals surface area contributed by atoms with E-state index >= 15 is 0 Å². The van der Waals surface area contributed by atoms with Crippen LogP contribution in [0.1, 0.15) is 10.6 Å². The third-order valence-electron chi connectivity index (χ3n) is 2.97. The number of hydrogen-bond acceptors (Lipinski definition) is 5. The quantitative estimate of drug-likeness (QED) is 0.707. The second kappa shape index (κ2) is 7.75. The van der Waals surface area contributed by atoms with E-state index in [0.29, 0.717) is 24.6 Å². The summed E-state index contributed by atoms with van der Waals surface area (Å²) in [5.74, 6) is 0.689. The van der Waals surface area contributed by atoms with Gasteiger partial charge in [0.25, 0.3) is 0 Å². The number of amides is 2. The maximum atomic E-state index is 11.9. The van der Waals surface area contributed by atoms with E-state index in [4.69, 9.17) is 4.74 Å². The van der Waals surface area contributed by atoms with Crippen molar-refractivity contribution in [2.45, 2.75) is 13.2 Å². The standard InChI is InChI=1S/C16H15N3O2S2/c20-16(17-8-15-5-2-6-23-15)19-12-3-1-4-14(7-12)21-9-13-10-22-11-18-13/h1-7,10-11H,8-9H2,(H2,17,19,20). The zero-order valence-corrected chi connectivity index (χ0v) is 13.8. The van der Waals surface area contributed by atoms with Gasteiger partial charge in [0.2, 0.25) is 0 Å². The van der Waals surface area contributed by atoms with Crippen molar-refractivity contribution in [2.24, 2.45) is 0 Å². The van der Waals surface area contributed by atoms with Gasteiger partial charge < -0.3 is 15.4 Å². The highest BCUT2D eigenvalue weighted by molar-refractivity contribution is 7.09. The van der Waals surface area contributed by atoms with Crippen LogP contribution in [0, 0.1) is 0 Å². The van der Waals surface area contributed by atoms with Crippen molar-refractivity contribution in [1.29, 1.82) is 0 Å². The van der Waals surface area contributed by atoms with Gasteiger partial charge in [-0.3, -0.25) is 0 Å². The number of thiophene rings is 1. The Morgan fingerprint density at radius 2 is 2.22 bits per heavy atom. The third-order valence-corrected chi connectivity index (χ3v) is 4.48. The summed E-state index contributed by atoms with van der Waals surface area (Å²) in [7, 11) is 0. The minimum absolute atomic E-state index is 0.241. The minimum atomic E-state index is -0.241. The summed E-state index contributed by atoms with van der Waals surface area (Å²) in [6, 6.07) is 11.0. The maximum absolute atomic E-state index is 11.9. The number of rotatable bonds is 6. The summed E-state index contributed by atoms with van der Waals surface area (Å²) in [5.41, 5.74) is 3.35. The van der Waals surface area contributed by atoms with Crippen molar-refractivity contribution in [2.75, 3.05) is 5.32 Å². The smallest absolute Gasteiger partial charge is 0.319 e. The van der Waals surface area contributed by atoms with E-state index in [1.54, 1.807) is 22.9 Å². The minimum Gasteiger partial charge on any atom is -0.487 e. The third kappa shape index (κ3) is 4.80. The first kappa shape index (κ1) is 15.5. The fourth-order valence-corrected chi connectivity index (χ4v) is 3.07. The summed E-state index contributed by atoms with van der Waals surface area (Å²) < 4.78 is 5.67. The molecule has 3 rings (SSSR count). The number of thiazole rings is 1. The topological polar surface area (TPSA) is 63.2 Å². The number of carbonyl (C=O) groups is 1. The Morgan fingerprint density at radius 1 is 1.26 bits per heavy atom. The molecule has 1 aromatic carbocycles. The number of hydrogen-bond donors (Lipinski definition) is 2. The van der Waals surface area contributed by atoms with Gasteiger partial charge in [-0.1, -0.05) is 12.1 Å². The summed E-state index contributed by atoms with van der Waals surface area (Å²) in [6.07, 6.45) is 0. The van der Waals surface area contributed by atoms with Crippen molar-refractivity contribution < 1.29 is 9.53 Å². The van der Waals surface area contributed by atoms with Gasteiger partial charge in [-0.2, -0.15) is 0 Å². The average Bonchev–Trinajstić information content (AvgIpc) is 3.25. The lowest BCUT2D eigenvalue weighted by atomic mass is 10.3. The summed E-state index contributed by atoms with van der Waals surface area (Å²) in [5, 5.41) is 9.55. The molecule has 3 aromatic rings. The Labute approximate surface area is 142 Å². The van der Waals surface area contributed by atoms with Gasteiger partial charge in [-0.15, -0.1) is 22.7 Å². The van der Waals surface area contributed by atoms with E-state index in [9.17, 15) is 4.79 Å². The number of benzene rings is 1. The fourth-order valence-electron chi connectivity index (χ4n) is 1.89. The van der Waals surface area contributed by atoms with Crippen LogP contribution in [0.5, 0.6) is 5.75 Å². The molecule has 23 heavy (non-hydrogen) atoms. The summed E-state index contributed by atoms with van der Waals surface area (Å²) in [4.78, 5) is 17.2. The molecule has 0 radical (unpaired) electrons. The molecule has 2 heterocycles. The molecular weight excluding hydrogens is 330 g/mol. The number of aromatic nitrogens is 1. The van der Waals surface area contributed by atoms with Gasteiger partial charge in [0.1, 0.15) is 12.4 Å². The molecule has 0 saturated carbocycles. The van der Waals surface area contributed by atoms with Crippen LogP contribution in [0.3, 0.4) is 0 Å². The second-order valence-electron chi connectivity index (χ2n) is 4.68. The Kier molecular flexibility index (Phi) is 5.23. The molecule has 0 spiro atoms. The van der Waals surface area contributed by atoms with Gasteiger partial charge in [0.05, 0.1) is 17.7 Å². The molecule has 0 bridgehead atoms. The largest absolute Gasteiger partial charge is 0.487 e. The predicted molar refractivity (Wildman–Crippen MR) is 93.1 cm³/mol. The fraction of sp³-hybridized carbons (Fsp3) is 0.125. The van der Waals surface area contributed by atoms with Crippen LogP contribution in [-0.2, 0) is 13.2 Å². The van der Waals surface area contributed by atoms with Crippen molar-refractivity contribution >= 4 is 34.4 Å². The molecule has 118 valence electrons. The van der Waals surface area contributed by atoms with E-state index in [0.717, 1.165) is 10.6 Å². The van der Waals surface area contributed by atoms with Gasteiger partial charge in [0.15, 0.2) is 0 Å². The Bertz CT molecular complexity index is 743. The van der Waals surface area contributed by atoms with Crippen LogP contribution < -0.4 is 15.4 Å². The summed E-state index contributed by atoms with van der Waals surface area (Å²) >= 11 is 3.15. The van der Waals surface area contributed by atoms with Crippen molar-refractivity contribution in [3.63, 3.8) is 0 Å². The number of urea groups is 1. The van der Waals surface area contributed by atoms with Crippen LogP contribution in [0.2, 0.25) is 0 Å². The molecule has 0 aliphatic rings. The lowest BCUT2D eigenvalue weighted by Crippen LogP contribution is -2.27. The van der Waals surface area contributed by atoms with Gasteiger partial charge in [-0.25, -0.2) is 9.78 Å².